The van der Waals surface area contributed by atoms with Crippen LogP contribution in [0.5, 0.6) is 5.75 Å². The zero-order valence-corrected chi connectivity index (χ0v) is 22.7. The number of rotatable bonds is 14. The van der Waals surface area contributed by atoms with E-state index in [1.165, 1.54) is 14.1 Å². The van der Waals surface area contributed by atoms with Crippen LogP contribution >= 0.6 is 0 Å². The summed E-state index contributed by atoms with van der Waals surface area (Å²) in [6.45, 7) is -0.280. The summed E-state index contributed by atoms with van der Waals surface area (Å²) < 4.78 is 15.8. The van der Waals surface area contributed by atoms with E-state index in [2.05, 4.69) is 5.32 Å². The maximum Gasteiger partial charge on any atom is 0.335 e. The Hall–Kier alpha value is -3.44. The number of carbonyl (C=O) groups is 4. The summed E-state index contributed by atoms with van der Waals surface area (Å²) in [5.74, 6) is -2.94. The maximum absolute atomic E-state index is 12.0. The van der Waals surface area contributed by atoms with E-state index in [4.69, 9.17) is 14.2 Å². The molecule has 15 heteroatoms. The minimum Gasteiger partial charge on any atom is -0.631 e. The molecule has 0 bridgehead atoms. The normalized spacial score (nSPS) is 24.5. The number of hydroxylamine groups is 3. The number of carbonyl (C=O) groups excluding carboxylic acids is 3. The van der Waals surface area contributed by atoms with E-state index in [1.54, 1.807) is 18.2 Å². The van der Waals surface area contributed by atoms with Crippen LogP contribution < -0.4 is 10.1 Å². The molecule has 5 N–H and O–H groups in total. The number of quaternary nitrogens is 1. The van der Waals surface area contributed by atoms with Gasteiger partial charge in [-0.2, -0.15) is 0 Å². The molecule has 226 valence electrons. The van der Waals surface area contributed by atoms with Crippen molar-refractivity contribution in [2.24, 2.45) is 0 Å². The standard InChI is InChI=1S/C26H35N3O12/c1-29(2,38)14-39-13-16-7-6-15(5-3-4-10-27-18(30)12-28-19(31)8-9-20(28)32)11-17(16)40-26-23(35)21(33)22(34)24(41-26)25(36)37/h6-9,11,21-24,26,33-35H,3-5,10,12-14H2,1-2H3,(H,27,30)(H,36,37)/t21-,22-,23+,24-,26+/m0/s1. The number of unbranched alkanes of at least 4 members (excludes halogenated alkanes) is 1. The quantitative estimate of drug-likeness (QED) is 0.0550. The molecule has 2 aliphatic heterocycles. The first kappa shape index (κ1) is 32.1. The van der Waals surface area contributed by atoms with E-state index in [-0.39, 0.29) is 25.6 Å². The molecule has 2 heterocycles. The van der Waals surface area contributed by atoms with Gasteiger partial charge in [0.25, 0.3) is 11.8 Å². The van der Waals surface area contributed by atoms with Gasteiger partial charge in [-0.25, -0.2) is 4.79 Å². The lowest BCUT2D eigenvalue weighted by molar-refractivity contribution is -0.862. The molecule has 3 rings (SSSR count). The van der Waals surface area contributed by atoms with Crippen LogP contribution in [0, 0.1) is 5.21 Å². The highest BCUT2D eigenvalue weighted by atomic mass is 16.7. The lowest BCUT2D eigenvalue weighted by atomic mass is 9.99. The minimum absolute atomic E-state index is 0.0561. The number of aliphatic carboxylic acids is 1. The van der Waals surface area contributed by atoms with Crippen molar-refractivity contribution < 1.29 is 58.5 Å². The predicted molar refractivity (Wildman–Crippen MR) is 138 cm³/mol. The first-order valence-electron chi connectivity index (χ1n) is 12.9. The van der Waals surface area contributed by atoms with Crippen LogP contribution in [-0.4, -0.2) is 118 Å². The largest absolute Gasteiger partial charge is 0.631 e. The molecule has 3 amide bonds. The Morgan fingerprint density at radius 2 is 1.76 bits per heavy atom. The third-order valence-corrected chi connectivity index (χ3v) is 6.26. The lowest BCUT2D eigenvalue weighted by Gasteiger charge is -2.38. The molecule has 0 aromatic heterocycles. The highest BCUT2D eigenvalue weighted by molar-refractivity contribution is 6.14. The molecule has 1 fully saturated rings. The Morgan fingerprint density at radius 3 is 2.39 bits per heavy atom. The molecule has 0 saturated carbocycles. The zero-order valence-electron chi connectivity index (χ0n) is 22.7. The highest BCUT2D eigenvalue weighted by Gasteiger charge is 2.48. The number of hydrogen-bond acceptors (Lipinski definition) is 11. The van der Waals surface area contributed by atoms with Gasteiger partial charge in [0, 0.05) is 24.3 Å². The number of amides is 3. The summed E-state index contributed by atoms with van der Waals surface area (Å²) >= 11 is 0. The summed E-state index contributed by atoms with van der Waals surface area (Å²) in [6, 6.07) is 5.08. The van der Waals surface area contributed by atoms with Crippen molar-refractivity contribution in [3.63, 3.8) is 0 Å². The molecule has 0 aliphatic carbocycles. The third-order valence-electron chi connectivity index (χ3n) is 6.26. The van der Waals surface area contributed by atoms with Crippen molar-refractivity contribution in [1.29, 1.82) is 0 Å². The first-order valence-corrected chi connectivity index (χ1v) is 12.9. The van der Waals surface area contributed by atoms with E-state index in [1.807, 2.05) is 0 Å². The van der Waals surface area contributed by atoms with Crippen molar-refractivity contribution >= 4 is 23.7 Å². The molecule has 2 aliphatic rings. The molecular weight excluding hydrogens is 546 g/mol. The van der Waals surface area contributed by atoms with E-state index < -0.39 is 59.0 Å². The highest BCUT2D eigenvalue weighted by Crippen LogP contribution is 2.29. The van der Waals surface area contributed by atoms with Crippen LogP contribution in [-0.2, 0) is 41.7 Å². The summed E-state index contributed by atoms with van der Waals surface area (Å²) in [5, 5.41) is 54.2. The summed E-state index contributed by atoms with van der Waals surface area (Å²) in [6.07, 6.45) is -5.03. The van der Waals surface area contributed by atoms with Gasteiger partial charge in [0.2, 0.25) is 12.2 Å². The van der Waals surface area contributed by atoms with Gasteiger partial charge in [-0.15, -0.1) is 0 Å². The average molecular weight is 582 g/mol. The monoisotopic (exact) mass is 581 g/mol. The molecule has 0 unspecified atom stereocenters. The molecule has 0 spiro atoms. The van der Waals surface area contributed by atoms with Gasteiger partial charge < -0.3 is 49.8 Å². The van der Waals surface area contributed by atoms with Crippen molar-refractivity contribution in [3.05, 3.63) is 46.7 Å². The van der Waals surface area contributed by atoms with Crippen molar-refractivity contribution in [2.75, 3.05) is 33.9 Å². The van der Waals surface area contributed by atoms with Crippen LogP contribution in [0.4, 0.5) is 0 Å². The molecule has 5 atom stereocenters. The fourth-order valence-corrected chi connectivity index (χ4v) is 4.10. The van der Waals surface area contributed by atoms with Gasteiger partial charge in [-0.1, -0.05) is 12.1 Å². The van der Waals surface area contributed by atoms with Gasteiger partial charge >= 0.3 is 5.97 Å². The number of nitrogens with one attached hydrogen (secondary N) is 1. The lowest BCUT2D eigenvalue weighted by Crippen LogP contribution is -2.61. The Labute approximate surface area is 235 Å². The van der Waals surface area contributed by atoms with Crippen molar-refractivity contribution in [2.45, 2.75) is 56.6 Å². The van der Waals surface area contributed by atoms with E-state index in [0.717, 1.165) is 22.6 Å². The SMILES string of the molecule is C[N+](C)([O-])COCc1ccc(CCCCNC(=O)CN2C(=O)C=CC2=O)cc1O[C@@H]1O[C@H](C(=O)O)[C@@H](O)[C@H](O)[C@H]1O. The molecule has 1 saturated heterocycles. The number of aryl methyl sites for hydroxylation is 1. The number of benzene rings is 1. The van der Waals surface area contributed by atoms with E-state index >= 15 is 0 Å². The second kappa shape index (κ2) is 14.0. The molecular formula is C26H35N3O12. The third kappa shape index (κ3) is 9.02. The first-order chi connectivity index (χ1) is 19.3. The van der Waals surface area contributed by atoms with Gasteiger partial charge in [0.05, 0.1) is 20.7 Å². The van der Waals surface area contributed by atoms with E-state index in [9.17, 15) is 44.8 Å². The number of nitrogens with zero attached hydrogens (tertiary/aromatic N) is 2. The van der Waals surface area contributed by atoms with Gasteiger partial charge in [0.15, 0.2) is 12.8 Å². The Balaban J connectivity index is 1.61. The fraction of sp³-hybridized carbons (Fsp3) is 0.538. The Kier molecular flexibility index (Phi) is 10.9. The van der Waals surface area contributed by atoms with Crippen LogP contribution in [0.3, 0.4) is 0 Å². The van der Waals surface area contributed by atoms with Gasteiger partial charge in [-0.05, 0) is 30.9 Å². The van der Waals surface area contributed by atoms with Crippen molar-refractivity contribution in [3.8, 4) is 5.75 Å². The topological polar surface area (TPSA) is 215 Å². The average Bonchev–Trinajstić information content (AvgIpc) is 3.21. The van der Waals surface area contributed by atoms with Crippen molar-refractivity contribution in [1.82, 2.24) is 10.2 Å². The fourth-order valence-electron chi connectivity index (χ4n) is 4.10. The number of carboxylic acids is 1. The van der Waals surface area contributed by atoms with Crippen LogP contribution in [0.15, 0.2) is 30.4 Å². The molecule has 41 heavy (non-hydrogen) atoms. The minimum atomic E-state index is -1.87. The van der Waals surface area contributed by atoms with Gasteiger partial charge in [-0.3, -0.25) is 19.3 Å². The number of ether oxygens (including phenoxy) is 3. The Morgan fingerprint density at radius 1 is 1.07 bits per heavy atom. The van der Waals surface area contributed by atoms with Gasteiger partial charge in [0.1, 0.15) is 30.6 Å². The van der Waals surface area contributed by atoms with Crippen LogP contribution in [0.1, 0.15) is 24.0 Å². The molecule has 0 radical (unpaired) electrons. The molecule has 15 nitrogen and oxygen atoms in total. The second-order valence-corrected chi connectivity index (χ2v) is 10.2. The smallest absolute Gasteiger partial charge is 0.335 e. The summed E-state index contributed by atoms with van der Waals surface area (Å²) in [4.78, 5) is 47.5. The number of aliphatic hydroxyl groups excluding tert-OH is 3. The maximum atomic E-state index is 12.0. The molecule has 1 aromatic rings. The number of hydrogen-bond donors (Lipinski definition) is 5. The number of aliphatic hydroxyl groups is 3. The summed E-state index contributed by atoms with van der Waals surface area (Å²) in [7, 11) is 2.80. The molecule has 1 aromatic carbocycles. The van der Waals surface area contributed by atoms with Crippen LogP contribution in [0.25, 0.3) is 0 Å². The number of carboxylic acid groups (broad SMARTS) is 1. The Bertz CT molecular complexity index is 1130. The van der Waals surface area contributed by atoms with E-state index in [0.29, 0.717) is 31.4 Å². The predicted octanol–water partition coefficient (Wildman–Crippen LogP) is -1.63. The number of imide groups is 1. The second-order valence-electron chi connectivity index (χ2n) is 10.2. The zero-order chi connectivity index (χ0) is 30.3. The summed E-state index contributed by atoms with van der Waals surface area (Å²) in [5.41, 5.74) is 1.23. The van der Waals surface area contributed by atoms with Crippen LogP contribution in [0.2, 0.25) is 0 Å².